The molecular formula is C29H51NO2S. The minimum Gasteiger partial charge on any atom is -0.393 e. The molecule has 0 bridgehead atoms. The summed E-state index contributed by atoms with van der Waals surface area (Å²) in [6.07, 6.45) is 15.1. The van der Waals surface area contributed by atoms with Gasteiger partial charge in [0.2, 0.25) is 5.91 Å². The van der Waals surface area contributed by atoms with E-state index in [1.54, 1.807) is 11.8 Å². The normalized spacial score (nSPS) is 47.8. The lowest BCUT2D eigenvalue weighted by Gasteiger charge is -2.68. The lowest BCUT2D eigenvalue weighted by atomic mass is 9.37. The Kier molecular flexibility index (Phi) is 7.32. The monoisotopic (exact) mass is 477 g/mol. The molecule has 4 saturated carbocycles. The minimum absolute atomic E-state index is 0.129. The molecule has 4 unspecified atom stereocenters. The molecule has 4 aliphatic carbocycles. The van der Waals surface area contributed by atoms with Gasteiger partial charge in [-0.3, -0.25) is 4.79 Å². The fraction of sp³-hybridized carbons (Fsp3) is 0.966. The second-order valence-corrected chi connectivity index (χ2v) is 14.4. The number of hydrogen-bond donors (Lipinski definition) is 2. The summed E-state index contributed by atoms with van der Waals surface area (Å²) in [5.74, 6) is 3.51. The van der Waals surface area contributed by atoms with Crippen LogP contribution >= 0.6 is 11.8 Å². The van der Waals surface area contributed by atoms with Gasteiger partial charge in [0.25, 0.3) is 0 Å². The molecule has 4 fully saturated rings. The molecule has 9 atom stereocenters. The van der Waals surface area contributed by atoms with E-state index in [1.807, 2.05) is 0 Å². The molecule has 0 saturated heterocycles. The summed E-state index contributed by atoms with van der Waals surface area (Å²) < 4.78 is 0. The van der Waals surface area contributed by atoms with Gasteiger partial charge in [-0.05, 0) is 103 Å². The number of nitrogens with one attached hydrogen (secondary N) is 1. The first kappa shape index (κ1) is 25.9. The van der Waals surface area contributed by atoms with Crippen LogP contribution in [0.4, 0.5) is 0 Å². The van der Waals surface area contributed by atoms with Crippen molar-refractivity contribution in [2.45, 2.75) is 111 Å². The number of rotatable bonds is 7. The van der Waals surface area contributed by atoms with E-state index >= 15 is 0 Å². The molecule has 190 valence electrons. The van der Waals surface area contributed by atoms with Crippen LogP contribution in [0.5, 0.6) is 0 Å². The lowest BCUT2D eigenvalue weighted by molar-refractivity contribution is -0.223. The zero-order valence-electron chi connectivity index (χ0n) is 22.3. The van der Waals surface area contributed by atoms with Crippen LogP contribution in [-0.4, -0.2) is 35.7 Å². The van der Waals surface area contributed by atoms with Crippen LogP contribution in [0.2, 0.25) is 0 Å². The maximum atomic E-state index is 12.4. The van der Waals surface area contributed by atoms with E-state index in [9.17, 15) is 9.90 Å². The SMILES string of the molecule is CSCCNC(=O)CC[C@@H](C)[C@@]1(C)CCC2C3[C@H](O)CC4CCCCC4(C)[C@@]3(C)CC[C@@]21C. The molecule has 3 nitrogen and oxygen atoms in total. The number of aliphatic hydroxyl groups is 1. The largest absolute Gasteiger partial charge is 0.393 e. The summed E-state index contributed by atoms with van der Waals surface area (Å²) in [4.78, 5) is 12.4. The average molecular weight is 478 g/mol. The van der Waals surface area contributed by atoms with Crippen molar-refractivity contribution in [3.8, 4) is 0 Å². The minimum atomic E-state index is -0.129. The predicted octanol–water partition coefficient (Wildman–Crippen LogP) is 6.68. The van der Waals surface area contributed by atoms with Crippen LogP contribution in [0.15, 0.2) is 0 Å². The van der Waals surface area contributed by atoms with Crippen molar-refractivity contribution < 1.29 is 9.90 Å². The molecule has 4 heteroatoms. The first-order valence-corrected chi connectivity index (χ1v) is 15.4. The first-order valence-electron chi connectivity index (χ1n) is 14.0. The highest BCUT2D eigenvalue weighted by Crippen LogP contribution is 2.75. The lowest BCUT2D eigenvalue weighted by Crippen LogP contribution is -2.64. The number of carbonyl (C=O) groups excluding carboxylic acids is 1. The predicted molar refractivity (Wildman–Crippen MR) is 140 cm³/mol. The molecule has 4 rings (SSSR count). The summed E-state index contributed by atoms with van der Waals surface area (Å²) in [7, 11) is 0. The van der Waals surface area contributed by atoms with Crippen LogP contribution < -0.4 is 5.32 Å². The van der Waals surface area contributed by atoms with Gasteiger partial charge < -0.3 is 10.4 Å². The van der Waals surface area contributed by atoms with Crippen LogP contribution in [0.25, 0.3) is 0 Å². The molecule has 2 N–H and O–H groups in total. The Labute approximate surface area is 208 Å². The Morgan fingerprint density at radius 2 is 1.76 bits per heavy atom. The third-order valence-corrected chi connectivity index (χ3v) is 13.2. The molecule has 4 aliphatic rings. The van der Waals surface area contributed by atoms with Gasteiger partial charge in [0.15, 0.2) is 0 Å². The molecule has 0 aromatic heterocycles. The molecule has 0 spiro atoms. The quantitative estimate of drug-likeness (QED) is 0.402. The highest BCUT2D eigenvalue weighted by atomic mass is 32.2. The Morgan fingerprint density at radius 1 is 1.03 bits per heavy atom. The molecular weight excluding hydrogens is 426 g/mol. The highest BCUT2D eigenvalue weighted by molar-refractivity contribution is 7.98. The third-order valence-electron chi connectivity index (χ3n) is 12.6. The zero-order valence-corrected chi connectivity index (χ0v) is 23.2. The van der Waals surface area contributed by atoms with Gasteiger partial charge in [0.1, 0.15) is 0 Å². The number of aliphatic hydroxyl groups excluding tert-OH is 1. The summed E-state index contributed by atoms with van der Waals surface area (Å²) in [6, 6.07) is 0. The maximum absolute atomic E-state index is 12.4. The maximum Gasteiger partial charge on any atom is 0.220 e. The van der Waals surface area contributed by atoms with Crippen molar-refractivity contribution in [2.24, 2.45) is 45.3 Å². The van der Waals surface area contributed by atoms with E-state index in [1.165, 1.54) is 51.4 Å². The van der Waals surface area contributed by atoms with Crippen molar-refractivity contribution in [3.05, 3.63) is 0 Å². The standard InChI is InChI=1S/C29H51NO2S/c1-20(10-11-24(32)30-17-18-33-6)26(2)14-12-22-25-23(31)19-21-9-7-8-13-27(21,3)29(25,5)16-15-28(22,26)4/h20-23,25,31H,7-19H2,1-6H3,(H,30,32)/t20-,21?,22?,23-,25?,26-,27?,28+,29+/m1/s1. The topological polar surface area (TPSA) is 49.3 Å². The second-order valence-electron chi connectivity index (χ2n) is 13.4. The summed E-state index contributed by atoms with van der Waals surface area (Å²) >= 11 is 1.78. The Bertz CT molecular complexity index is 728. The van der Waals surface area contributed by atoms with E-state index in [2.05, 4.69) is 46.2 Å². The van der Waals surface area contributed by atoms with Gasteiger partial charge in [-0.25, -0.2) is 0 Å². The van der Waals surface area contributed by atoms with Crippen molar-refractivity contribution in [2.75, 3.05) is 18.6 Å². The van der Waals surface area contributed by atoms with Gasteiger partial charge in [-0.15, -0.1) is 0 Å². The molecule has 1 amide bonds. The van der Waals surface area contributed by atoms with Gasteiger partial charge in [-0.1, -0.05) is 47.5 Å². The molecule has 0 heterocycles. The van der Waals surface area contributed by atoms with Crippen LogP contribution in [-0.2, 0) is 4.79 Å². The van der Waals surface area contributed by atoms with Crippen molar-refractivity contribution >= 4 is 17.7 Å². The van der Waals surface area contributed by atoms with Gasteiger partial charge in [0, 0.05) is 18.7 Å². The fourth-order valence-electron chi connectivity index (χ4n) is 9.85. The zero-order chi connectivity index (χ0) is 24.1. The number of fused-ring (bicyclic) bond motifs is 5. The van der Waals surface area contributed by atoms with Gasteiger partial charge in [-0.2, -0.15) is 11.8 Å². The van der Waals surface area contributed by atoms with Crippen LogP contribution in [0, 0.1) is 45.3 Å². The van der Waals surface area contributed by atoms with E-state index < -0.39 is 0 Å². The van der Waals surface area contributed by atoms with Crippen LogP contribution in [0.3, 0.4) is 0 Å². The Hall–Kier alpha value is -0.220. The van der Waals surface area contributed by atoms with E-state index in [-0.39, 0.29) is 28.3 Å². The fourth-order valence-corrected chi connectivity index (χ4v) is 10.2. The van der Waals surface area contributed by atoms with Gasteiger partial charge in [0.05, 0.1) is 6.10 Å². The van der Waals surface area contributed by atoms with Gasteiger partial charge >= 0.3 is 0 Å². The molecule has 0 aromatic rings. The number of hydrogen-bond acceptors (Lipinski definition) is 3. The van der Waals surface area contributed by atoms with Crippen molar-refractivity contribution in [1.82, 2.24) is 5.32 Å². The van der Waals surface area contributed by atoms with E-state index in [4.69, 9.17) is 0 Å². The summed E-state index contributed by atoms with van der Waals surface area (Å²) in [6.45, 7) is 13.5. The van der Waals surface area contributed by atoms with Crippen molar-refractivity contribution in [1.29, 1.82) is 0 Å². The summed E-state index contributed by atoms with van der Waals surface area (Å²) in [5, 5.41) is 14.7. The van der Waals surface area contributed by atoms with Crippen LogP contribution in [0.1, 0.15) is 105 Å². The number of amides is 1. The van der Waals surface area contributed by atoms with Crippen molar-refractivity contribution in [3.63, 3.8) is 0 Å². The van der Waals surface area contributed by atoms with E-state index in [0.29, 0.717) is 35.5 Å². The molecule has 0 aromatic carbocycles. The Balaban J connectivity index is 1.51. The Morgan fingerprint density at radius 3 is 2.48 bits per heavy atom. The molecule has 0 aliphatic heterocycles. The molecule has 0 radical (unpaired) electrons. The average Bonchev–Trinajstić information content (AvgIpc) is 3.05. The van der Waals surface area contributed by atoms with E-state index in [0.717, 1.165) is 25.1 Å². The highest BCUT2D eigenvalue weighted by Gasteiger charge is 2.69. The second kappa shape index (κ2) is 9.34. The third kappa shape index (κ3) is 3.92. The first-order chi connectivity index (χ1) is 15.5. The number of carbonyl (C=O) groups is 1. The smallest absolute Gasteiger partial charge is 0.220 e. The molecule has 33 heavy (non-hydrogen) atoms. The number of thioether (sulfide) groups is 1. The summed E-state index contributed by atoms with van der Waals surface area (Å²) in [5.41, 5.74) is 1.19.